The largest absolute Gasteiger partial charge is 0.454 e. The van der Waals surface area contributed by atoms with Gasteiger partial charge in [-0.1, -0.05) is 6.07 Å². The minimum atomic E-state index is -0.762. The molecule has 0 bridgehead atoms. The Hall–Kier alpha value is -5.13. The number of nitrogens with zero attached hydrogens (tertiary/aromatic N) is 7. The minimum Gasteiger partial charge on any atom is -0.454 e. The highest BCUT2D eigenvalue weighted by molar-refractivity contribution is 5.97. The standard InChI is InChI=1S/C28H26FN7O4/c1-17(2)35-16-22(27(38)36(28(35)39)20-13-32-34(4)15-20)25(37)10-18-5-6-26(23(29)9-18)40-21-7-8-30-24(11-21)19-12-31-33(3)14-19/h5-9,11-17H,10H2,1-4H3. The van der Waals surface area contributed by atoms with Crippen molar-refractivity contribution in [2.24, 2.45) is 14.1 Å². The Morgan fingerprint density at radius 3 is 2.40 bits per heavy atom. The van der Waals surface area contributed by atoms with Crippen LogP contribution in [0.4, 0.5) is 4.39 Å². The van der Waals surface area contributed by atoms with E-state index in [1.54, 1.807) is 69.4 Å². The van der Waals surface area contributed by atoms with Crippen molar-refractivity contribution in [1.82, 2.24) is 33.7 Å². The summed E-state index contributed by atoms with van der Waals surface area (Å²) >= 11 is 0. The van der Waals surface area contributed by atoms with E-state index >= 15 is 4.39 Å². The van der Waals surface area contributed by atoms with Crippen LogP contribution < -0.4 is 16.0 Å². The van der Waals surface area contributed by atoms with E-state index in [9.17, 15) is 14.4 Å². The zero-order valence-corrected chi connectivity index (χ0v) is 22.3. The molecular formula is C28H26FN7O4. The number of hydrogen-bond donors (Lipinski definition) is 0. The van der Waals surface area contributed by atoms with Gasteiger partial charge < -0.3 is 4.74 Å². The van der Waals surface area contributed by atoms with E-state index in [-0.39, 0.29) is 29.5 Å². The maximum atomic E-state index is 15.0. The second-order valence-corrected chi connectivity index (χ2v) is 9.59. The fourth-order valence-corrected chi connectivity index (χ4v) is 4.22. The van der Waals surface area contributed by atoms with Crippen molar-refractivity contribution in [2.75, 3.05) is 0 Å². The van der Waals surface area contributed by atoms with Gasteiger partial charge in [-0.3, -0.25) is 28.5 Å². The third-order valence-corrected chi connectivity index (χ3v) is 6.24. The van der Waals surface area contributed by atoms with Crippen LogP contribution in [-0.4, -0.2) is 39.5 Å². The summed E-state index contributed by atoms with van der Waals surface area (Å²) in [6.07, 6.45) is 8.92. The van der Waals surface area contributed by atoms with Gasteiger partial charge in [0.2, 0.25) is 0 Å². The molecule has 0 aliphatic carbocycles. The number of aromatic nitrogens is 7. The number of benzene rings is 1. The number of pyridine rings is 1. The monoisotopic (exact) mass is 543 g/mol. The second kappa shape index (κ2) is 10.6. The molecule has 0 spiro atoms. The fraction of sp³-hybridized carbons (Fsp3) is 0.214. The zero-order valence-electron chi connectivity index (χ0n) is 22.3. The zero-order chi connectivity index (χ0) is 28.6. The Morgan fingerprint density at radius 2 is 1.75 bits per heavy atom. The number of ether oxygens (including phenoxy) is 1. The quantitative estimate of drug-likeness (QED) is 0.275. The van der Waals surface area contributed by atoms with Crippen LogP contribution in [0.1, 0.15) is 35.8 Å². The predicted molar refractivity (Wildman–Crippen MR) is 144 cm³/mol. The first-order chi connectivity index (χ1) is 19.1. The molecule has 0 aliphatic rings. The van der Waals surface area contributed by atoms with E-state index in [4.69, 9.17) is 4.74 Å². The number of hydrogen-bond acceptors (Lipinski definition) is 7. The first-order valence-electron chi connectivity index (χ1n) is 12.4. The Labute approximate surface area is 227 Å². The number of carbonyl (C=O) groups is 1. The Balaban J connectivity index is 1.40. The molecule has 11 nitrogen and oxygen atoms in total. The maximum absolute atomic E-state index is 15.0. The number of halogens is 1. The average molecular weight is 544 g/mol. The molecule has 4 aromatic heterocycles. The number of aryl methyl sites for hydroxylation is 2. The molecule has 40 heavy (non-hydrogen) atoms. The summed E-state index contributed by atoms with van der Waals surface area (Å²) in [6, 6.07) is 7.12. The van der Waals surface area contributed by atoms with Gasteiger partial charge in [0.25, 0.3) is 5.56 Å². The summed E-state index contributed by atoms with van der Waals surface area (Å²) in [4.78, 5) is 43.8. The molecule has 1 aromatic carbocycles. The van der Waals surface area contributed by atoms with Crippen LogP contribution in [0.25, 0.3) is 16.9 Å². The van der Waals surface area contributed by atoms with E-state index in [1.807, 2.05) is 0 Å². The van der Waals surface area contributed by atoms with Gasteiger partial charge >= 0.3 is 5.69 Å². The fourth-order valence-electron chi connectivity index (χ4n) is 4.22. The third kappa shape index (κ3) is 5.23. The van der Waals surface area contributed by atoms with Crippen molar-refractivity contribution in [2.45, 2.75) is 26.3 Å². The molecule has 0 saturated heterocycles. The molecule has 4 heterocycles. The van der Waals surface area contributed by atoms with Crippen LogP contribution in [0.2, 0.25) is 0 Å². The molecule has 5 rings (SSSR count). The SMILES string of the molecule is CC(C)n1cc(C(=O)Cc2ccc(Oc3ccnc(-c4cnn(C)c4)c3)c(F)c2)c(=O)n(-c2cnn(C)c2)c1=O. The third-order valence-electron chi connectivity index (χ3n) is 6.24. The normalized spacial score (nSPS) is 11.2. The summed E-state index contributed by atoms with van der Waals surface area (Å²) in [7, 11) is 3.45. The number of carbonyl (C=O) groups excluding carboxylic acids is 1. The lowest BCUT2D eigenvalue weighted by atomic mass is 10.0. The van der Waals surface area contributed by atoms with Crippen LogP contribution in [0.3, 0.4) is 0 Å². The first-order valence-corrected chi connectivity index (χ1v) is 12.4. The Bertz CT molecular complexity index is 1850. The Kier molecular flexibility index (Phi) is 6.99. The lowest BCUT2D eigenvalue weighted by Crippen LogP contribution is -2.42. The van der Waals surface area contributed by atoms with Gasteiger partial charge in [0.05, 0.1) is 23.8 Å². The van der Waals surface area contributed by atoms with Crippen molar-refractivity contribution >= 4 is 5.78 Å². The van der Waals surface area contributed by atoms with Gasteiger partial charge in [-0.05, 0) is 37.6 Å². The molecule has 0 radical (unpaired) electrons. The summed E-state index contributed by atoms with van der Waals surface area (Å²) in [5.74, 6) is -0.888. The van der Waals surface area contributed by atoms with Crippen molar-refractivity contribution in [3.8, 4) is 28.4 Å². The Morgan fingerprint density at radius 1 is 1.00 bits per heavy atom. The lowest BCUT2D eigenvalue weighted by Gasteiger charge is -2.14. The van der Waals surface area contributed by atoms with Gasteiger partial charge in [-0.15, -0.1) is 0 Å². The number of ketones is 1. The maximum Gasteiger partial charge on any atom is 0.336 e. The molecule has 0 atom stereocenters. The van der Waals surface area contributed by atoms with Crippen molar-refractivity contribution < 1.29 is 13.9 Å². The van der Waals surface area contributed by atoms with E-state index in [2.05, 4.69) is 15.2 Å². The predicted octanol–water partition coefficient (Wildman–Crippen LogP) is 3.47. The van der Waals surface area contributed by atoms with E-state index in [1.165, 1.54) is 40.0 Å². The van der Waals surface area contributed by atoms with Crippen molar-refractivity contribution in [1.29, 1.82) is 0 Å². The van der Waals surface area contributed by atoms with Crippen LogP contribution in [-0.2, 0) is 20.5 Å². The van der Waals surface area contributed by atoms with Gasteiger partial charge in [0, 0.05) is 63.0 Å². The van der Waals surface area contributed by atoms with Gasteiger partial charge in [-0.25, -0.2) is 13.8 Å². The van der Waals surface area contributed by atoms with Gasteiger partial charge in [-0.2, -0.15) is 10.2 Å². The van der Waals surface area contributed by atoms with Crippen molar-refractivity contribution in [3.05, 3.63) is 105 Å². The van der Waals surface area contributed by atoms with E-state index in [0.717, 1.165) is 10.1 Å². The highest BCUT2D eigenvalue weighted by Crippen LogP contribution is 2.28. The van der Waals surface area contributed by atoms with E-state index < -0.39 is 22.8 Å². The average Bonchev–Trinajstić information content (AvgIpc) is 3.54. The molecule has 0 amide bonds. The highest BCUT2D eigenvalue weighted by atomic mass is 19.1. The highest BCUT2D eigenvalue weighted by Gasteiger charge is 2.21. The smallest absolute Gasteiger partial charge is 0.336 e. The number of rotatable bonds is 8. The summed E-state index contributed by atoms with van der Waals surface area (Å²) in [6.45, 7) is 3.54. The van der Waals surface area contributed by atoms with E-state index in [0.29, 0.717) is 17.0 Å². The van der Waals surface area contributed by atoms with Crippen molar-refractivity contribution in [3.63, 3.8) is 0 Å². The van der Waals surface area contributed by atoms with Crippen LogP contribution in [0, 0.1) is 5.82 Å². The summed E-state index contributed by atoms with van der Waals surface area (Å²) in [5, 5.41) is 8.15. The molecule has 0 N–H and O–H groups in total. The second-order valence-electron chi connectivity index (χ2n) is 9.59. The summed E-state index contributed by atoms with van der Waals surface area (Å²) in [5.41, 5.74) is 0.466. The van der Waals surface area contributed by atoms with Crippen LogP contribution >= 0.6 is 0 Å². The van der Waals surface area contributed by atoms with Crippen LogP contribution in [0.15, 0.2) is 77.1 Å². The molecule has 204 valence electrons. The molecule has 12 heteroatoms. The molecule has 0 unspecified atom stereocenters. The van der Waals surface area contributed by atoms with Crippen LogP contribution in [0.5, 0.6) is 11.5 Å². The molecule has 0 fully saturated rings. The molecule has 0 aliphatic heterocycles. The topological polar surface area (TPSA) is 119 Å². The lowest BCUT2D eigenvalue weighted by molar-refractivity contribution is 0.0990. The minimum absolute atomic E-state index is 0.0353. The summed E-state index contributed by atoms with van der Waals surface area (Å²) < 4.78 is 26.1. The molecule has 5 aromatic rings. The first kappa shape index (κ1) is 26.5. The molecular weight excluding hydrogens is 517 g/mol. The number of Topliss-reactive ketones (excluding diaryl/α,β-unsaturated/α-hetero) is 1. The van der Waals surface area contributed by atoms with Gasteiger partial charge in [0.15, 0.2) is 17.3 Å². The molecule has 0 saturated carbocycles. The van der Waals surface area contributed by atoms with Gasteiger partial charge in [0.1, 0.15) is 11.3 Å².